The number of rotatable bonds is 5. The van der Waals surface area contributed by atoms with Crippen molar-refractivity contribution in [2.24, 2.45) is 0 Å². The smallest absolute Gasteiger partial charge is 0.296 e. The summed E-state index contributed by atoms with van der Waals surface area (Å²) in [6.45, 7) is 2.87. The van der Waals surface area contributed by atoms with Crippen molar-refractivity contribution in [3.63, 3.8) is 0 Å². The average Bonchev–Trinajstić information content (AvgIpc) is 2.40. The van der Waals surface area contributed by atoms with Gasteiger partial charge in [0.2, 0.25) is 0 Å². The van der Waals surface area contributed by atoms with Gasteiger partial charge in [-0.25, -0.2) is 0 Å². The predicted molar refractivity (Wildman–Crippen MR) is 72.5 cm³/mol. The minimum atomic E-state index is -3.63. The SMILES string of the molecule is Cc1ccc(S(=O)(=O)OCC[C@H]2CCCCO2)cc1. The highest BCUT2D eigenvalue weighted by Gasteiger charge is 2.18. The van der Waals surface area contributed by atoms with E-state index >= 15 is 0 Å². The lowest BCUT2D eigenvalue weighted by Gasteiger charge is -2.22. The van der Waals surface area contributed by atoms with Crippen LogP contribution in [-0.2, 0) is 19.0 Å². The Labute approximate surface area is 114 Å². The molecular weight excluding hydrogens is 264 g/mol. The first kappa shape index (κ1) is 14.5. The molecule has 1 atom stereocenters. The summed E-state index contributed by atoms with van der Waals surface area (Å²) >= 11 is 0. The van der Waals surface area contributed by atoms with Gasteiger partial charge in [0, 0.05) is 6.61 Å². The maximum Gasteiger partial charge on any atom is 0.296 e. The van der Waals surface area contributed by atoms with E-state index in [0.29, 0.717) is 6.42 Å². The average molecular weight is 284 g/mol. The van der Waals surface area contributed by atoms with Crippen molar-refractivity contribution in [1.29, 1.82) is 0 Å². The normalized spacial score (nSPS) is 20.4. The Morgan fingerprint density at radius 1 is 1.26 bits per heavy atom. The van der Waals surface area contributed by atoms with E-state index in [-0.39, 0.29) is 17.6 Å². The molecule has 1 aliphatic rings. The van der Waals surface area contributed by atoms with Gasteiger partial charge in [-0.05, 0) is 44.7 Å². The largest absolute Gasteiger partial charge is 0.378 e. The molecule has 0 saturated carbocycles. The van der Waals surface area contributed by atoms with Crippen molar-refractivity contribution >= 4 is 10.1 Å². The maximum atomic E-state index is 11.9. The summed E-state index contributed by atoms with van der Waals surface area (Å²) in [6, 6.07) is 6.67. The molecule has 1 aliphatic heterocycles. The van der Waals surface area contributed by atoms with Gasteiger partial charge < -0.3 is 4.74 Å². The van der Waals surface area contributed by atoms with Gasteiger partial charge in [0.15, 0.2) is 0 Å². The molecule has 1 heterocycles. The van der Waals surface area contributed by atoms with E-state index in [4.69, 9.17) is 8.92 Å². The molecule has 1 aromatic rings. The van der Waals surface area contributed by atoms with E-state index in [0.717, 1.165) is 31.4 Å². The molecule has 0 radical (unpaired) electrons. The van der Waals surface area contributed by atoms with Crippen LogP contribution >= 0.6 is 0 Å². The van der Waals surface area contributed by atoms with Crippen LogP contribution in [0.15, 0.2) is 29.2 Å². The fourth-order valence-electron chi connectivity index (χ4n) is 2.10. The second-order valence-corrected chi connectivity index (χ2v) is 6.48. The fraction of sp³-hybridized carbons (Fsp3) is 0.571. The Balaban J connectivity index is 1.85. The zero-order chi connectivity index (χ0) is 13.7. The summed E-state index contributed by atoms with van der Waals surface area (Å²) in [4.78, 5) is 0.211. The van der Waals surface area contributed by atoms with Crippen LogP contribution in [0.5, 0.6) is 0 Å². The molecule has 5 heteroatoms. The van der Waals surface area contributed by atoms with Crippen molar-refractivity contribution in [3.8, 4) is 0 Å². The lowest BCUT2D eigenvalue weighted by Crippen LogP contribution is -2.21. The Morgan fingerprint density at radius 3 is 2.63 bits per heavy atom. The summed E-state index contributed by atoms with van der Waals surface area (Å²) in [5.41, 5.74) is 1.02. The first-order valence-corrected chi connectivity index (χ1v) is 8.06. The first-order chi connectivity index (χ1) is 9.08. The van der Waals surface area contributed by atoms with Crippen molar-refractivity contribution in [3.05, 3.63) is 29.8 Å². The minimum absolute atomic E-state index is 0.141. The van der Waals surface area contributed by atoms with E-state index in [1.54, 1.807) is 24.3 Å². The van der Waals surface area contributed by atoms with Gasteiger partial charge in [-0.3, -0.25) is 4.18 Å². The van der Waals surface area contributed by atoms with E-state index in [1.807, 2.05) is 6.92 Å². The van der Waals surface area contributed by atoms with Crippen LogP contribution < -0.4 is 0 Å². The van der Waals surface area contributed by atoms with Crippen molar-refractivity contribution < 1.29 is 17.3 Å². The van der Waals surface area contributed by atoms with Crippen LogP contribution in [0.3, 0.4) is 0 Å². The molecule has 0 bridgehead atoms. The molecule has 0 unspecified atom stereocenters. The molecular formula is C14H20O4S. The van der Waals surface area contributed by atoms with Gasteiger partial charge in [0.1, 0.15) is 0 Å². The van der Waals surface area contributed by atoms with E-state index in [2.05, 4.69) is 0 Å². The number of aryl methyl sites for hydroxylation is 1. The number of hydrogen-bond acceptors (Lipinski definition) is 4. The molecule has 2 rings (SSSR count). The summed E-state index contributed by atoms with van der Waals surface area (Å²) in [5.74, 6) is 0. The first-order valence-electron chi connectivity index (χ1n) is 6.66. The summed E-state index contributed by atoms with van der Waals surface area (Å²) in [7, 11) is -3.63. The van der Waals surface area contributed by atoms with E-state index < -0.39 is 10.1 Å². The van der Waals surface area contributed by atoms with Crippen LogP contribution in [0.2, 0.25) is 0 Å². The van der Waals surface area contributed by atoms with Gasteiger partial charge in [-0.1, -0.05) is 17.7 Å². The van der Waals surface area contributed by atoms with Crippen LogP contribution in [0, 0.1) is 6.92 Å². The van der Waals surface area contributed by atoms with Gasteiger partial charge in [-0.2, -0.15) is 8.42 Å². The number of ether oxygens (including phenoxy) is 1. The molecule has 0 aromatic heterocycles. The quantitative estimate of drug-likeness (QED) is 0.780. The minimum Gasteiger partial charge on any atom is -0.378 e. The second kappa shape index (κ2) is 6.50. The third kappa shape index (κ3) is 4.30. The zero-order valence-electron chi connectivity index (χ0n) is 11.2. The molecule has 106 valence electrons. The summed E-state index contributed by atoms with van der Waals surface area (Å²) in [6.07, 6.45) is 4.01. The monoisotopic (exact) mass is 284 g/mol. The molecule has 0 amide bonds. The Morgan fingerprint density at radius 2 is 2.00 bits per heavy atom. The lowest BCUT2D eigenvalue weighted by atomic mass is 10.1. The van der Waals surface area contributed by atoms with Gasteiger partial charge in [-0.15, -0.1) is 0 Å². The highest BCUT2D eigenvalue weighted by Crippen LogP contribution is 2.18. The fourth-order valence-corrected chi connectivity index (χ4v) is 3.02. The third-order valence-corrected chi connectivity index (χ3v) is 4.59. The lowest BCUT2D eigenvalue weighted by molar-refractivity contribution is 0.00451. The van der Waals surface area contributed by atoms with Gasteiger partial charge in [0.25, 0.3) is 10.1 Å². The Kier molecular flexibility index (Phi) is 4.96. The highest BCUT2D eigenvalue weighted by molar-refractivity contribution is 7.86. The molecule has 1 aromatic carbocycles. The van der Waals surface area contributed by atoms with Gasteiger partial charge in [0.05, 0.1) is 17.6 Å². The van der Waals surface area contributed by atoms with Crippen LogP contribution in [0.1, 0.15) is 31.2 Å². The molecule has 1 saturated heterocycles. The van der Waals surface area contributed by atoms with Crippen LogP contribution in [0.25, 0.3) is 0 Å². The van der Waals surface area contributed by atoms with Crippen LogP contribution in [-0.4, -0.2) is 27.7 Å². The zero-order valence-corrected chi connectivity index (χ0v) is 12.0. The molecule has 4 nitrogen and oxygen atoms in total. The van der Waals surface area contributed by atoms with Crippen molar-refractivity contribution in [1.82, 2.24) is 0 Å². The highest BCUT2D eigenvalue weighted by atomic mass is 32.2. The Bertz CT molecular complexity index is 487. The summed E-state index contributed by atoms with van der Waals surface area (Å²) < 4.78 is 34.4. The van der Waals surface area contributed by atoms with Crippen molar-refractivity contribution in [2.75, 3.05) is 13.2 Å². The predicted octanol–water partition coefficient (Wildman–Crippen LogP) is 2.66. The maximum absolute atomic E-state index is 11.9. The second-order valence-electron chi connectivity index (χ2n) is 4.87. The molecule has 0 spiro atoms. The van der Waals surface area contributed by atoms with Crippen LogP contribution in [0.4, 0.5) is 0 Å². The number of hydrogen-bond donors (Lipinski definition) is 0. The molecule has 1 fully saturated rings. The molecule has 0 N–H and O–H groups in total. The topological polar surface area (TPSA) is 52.6 Å². The standard InChI is InChI=1S/C14H20O4S/c1-12-5-7-14(8-6-12)19(15,16)18-11-9-13-4-2-3-10-17-13/h5-8,13H,2-4,9-11H2,1H3/t13-/m1/s1. The van der Waals surface area contributed by atoms with E-state index in [9.17, 15) is 8.42 Å². The number of benzene rings is 1. The summed E-state index contributed by atoms with van der Waals surface area (Å²) in [5, 5.41) is 0. The molecule has 0 aliphatic carbocycles. The van der Waals surface area contributed by atoms with E-state index in [1.165, 1.54) is 0 Å². The van der Waals surface area contributed by atoms with Gasteiger partial charge >= 0.3 is 0 Å². The van der Waals surface area contributed by atoms with Crippen molar-refractivity contribution in [2.45, 2.75) is 43.6 Å². The molecule has 19 heavy (non-hydrogen) atoms. The Hall–Kier alpha value is -0.910. The third-order valence-electron chi connectivity index (χ3n) is 3.26.